The van der Waals surface area contributed by atoms with E-state index in [2.05, 4.69) is 33.1 Å². The van der Waals surface area contributed by atoms with E-state index in [0.717, 1.165) is 16.8 Å². The van der Waals surface area contributed by atoms with Crippen LogP contribution in [0.4, 0.5) is 0 Å². The number of aliphatic carboxylic acids is 1. The number of hydrogen-bond acceptors (Lipinski definition) is 4. The van der Waals surface area contributed by atoms with E-state index < -0.39 is 5.97 Å². The summed E-state index contributed by atoms with van der Waals surface area (Å²) in [5, 5.41) is 12.7. The van der Waals surface area contributed by atoms with Gasteiger partial charge in [0.1, 0.15) is 5.75 Å². The molecule has 0 fully saturated rings. The van der Waals surface area contributed by atoms with Crippen LogP contribution in [0.5, 0.6) is 5.75 Å². The summed E-state index contributed by atoms with van der Waals surface area (Å²) in [6.07, 6.45) is 1.03. The number of carboxylic acids is 1. The zero-order valence-electron chi connectivity index (χ0n) is 10.6. The molecule has 0 radical (unpaired) electrons. The molecule has 20 heavy (non-hydrogen) atoms. The summed E-state index contributed by atoms with van der Waals surface area (Å²) in [6, 6.07) is 5.48. The fraction of sp³-hybridized carbons (Fsp3) is 0.308. The minimum absolute atomic E-state index is 0.0794. The number of carbonyl (C=O) groups is 2. The Hall–Kier alpha value is -1.64. The third-order valence-corrected chi connectivity index (χ3v) is 3.62. The zero-order valence-corrected chi connectivity index (χ0v) is 12.7. The second-order valence-electron chi connectivity index (χ2n) is 4.23. The quantitative estimate of drug-likeness (QED) is 0.594. The number of alkyl halides is 1. The monoisotopic (exact) mass is 388 g/mol. The van der Waals surface area contributed by atoms with Gasteiger partial charge in [-0.05, 0) is 23.8 Å². The van der Waals surface area contributed by atoms with Gasteiger partial charge in [0.15, 0.2) is 6.61 Å². The molecule has 0 atom stereocenters. The van der Waals surface area contributed by atoms with Gasteiger partial charge in [-0.3, -0.25) is 4.79 Å². The van der Waals surface area contributed by atoms with Crippen LogP contribution in [-0.4, -0.2) is 29.3 Å². The van der Waals surface area contributed by atoms with Gasteiger partial charge in [-0.2, -0.15) is 5.10 Å². The summed E-state index contributed by atoms with van der Waals surface area (Å²) in [6.45, 7) is -0.361. The molecule has 0 aromatic heterocycles. The van der Waals surface area contributed by atoms with Crippen LogP contribution in [0.3, 0.4) is 0 Å². The number of carboxylic acid groups (broad SMARTS) is 1. The highest BCUT2D eigenvalue weighted by Gasteiger charge is 2.15. The Morgan fingerprint density at radius 2 is 2.25 bits per heavy atom. The molecule has 0 saturated carbocycles. The van der Waals surface area contributed by atoms with Crippen molar-refractivity contribution in [1.82, 2.24) is 5.43 Å². The number of hydrogen-bond donors (Lipinski definition) is 2. The van der Waals surface area contributed by atoms with Gasteiger partial charge in [-0.25, -0.2) is 10.2 Å². The summed E-state index contributed by atoms with van der Waals surface area (Å²) in [7, 11) is 0. The molecule has 1 heterocycles. The number of halogens is 1. The summed E-state index contributed by atoms with van der Waals surface area (Å²) >= 11 is 2.19. The third kappa shape index (κ3) is 3.69. The lowest BCUT2D eigenvalue weighted by atomic mass is 10.0. The standard InChI is InChI=1S/C13H13IN2O4/c14-6-9-5-8(10-2-4-12(17)16-15-10)1-3-11(9)20-7-13(18)19/h1,3,5H,2,4,6-7H2,(H,16,17)(H,18,19). The van der Waals surface area contributed by atoms with Crippen molar-refractivity contribution in [3.05, 3.63) is 29.3 Å². The maximum atomic E-state index is 11.1. The fourth-order valence-corrected chi connectivity index (χ4v) is 2.42. The van der Waals surface area contributed by atoms with E-state index in [1.165, 1.54) is 0 Å². The highest BCUT2D eigenvalue weighted by molar-refractivity contribution is 14.1. The van der Waals surface area contributed by atoms with Crippen LogP contribution in [0, 0.1) is 0 Å². The predicted molar refractivity (Wildman–Crippen MR) is 81.2 cm³/mol. The molecule has 1 aliphatic rings. The number of nitrogens with one attached hydrogen (secondary N) is 1. The lowest BCUT2D eigenvalue weighted by Gasteiger charge is -2.14. The number of nitrogens with zero attached hydrogens (tertiary/aromatic N) is 1. The maximum Gasteiger partial charge on any atom is 0.341 e. The van der Waals surface area contributed by atoms with Crippen molar-refractivity contribution in [2.75, 3.05) is 6.61 Å². The van der Waals surface area contributed by atoms with Gasteiger partial charge in [0, 0.05) is 22.8 Å². The van der Waals surface area contributed by atoms with E-state index in [-0.39, 0.29) is 12.5 Å². The number of amides is 1. The van der Waals surface area contributed by atoms with Crippen molar-refractivity contribution < 1.29 is 19.4 Å². The highest BCUT2D eigenvalue weighted by Crippen LogP contribution is 2.24. The van der Waals surface area contributed by atoms with Crippen molar-refractivity contribution in [2.45, 2.75) is 17.3 Å². The van der Waals surface area contributed by atoms with E-state index >= 15 is 0 Å². The van der Waals surface area contributed by atoms with Gasteiger partial charge in [-0.1, -0.05) is 22.6 Å². The van der Waals surface area contributed by atoms with Crippen LogP contribution in [-0.2, 0) is 14.0 Å². The van der Waals surface area contributed by atoms with Gasteiger partial charge < -0.3 is 9.84 Å². The van der Waals surface area contributed by atoms with Gasteiger partial charge >= 0.3 is 5.97 Å². The van der Waals surface area contributed by atoms with Gasteiger partial charge in [0.2, 0.25) is 5.91 Å². The van der Waals surface area contributed by atoms with Crippen LogP contribution < -0.4 is 10.2 Å². The molecule has 7 heteroatoms. The Kier molecular flexibility index (Phi) is 4.94. The first-order valence-electron chi connectivity index (χ1n) is 5.99. The number of ether oxygens (including phenoxy) is 1. The van der Waals surface area contributed by atoms with Crippen molar-refractivity contribution in [2.24, 2.45) is 5.10 Å². The first-order valence-corrected chi connectivity index (χ1v) is 7.52. The summed E-state index contributed by atoms with van der Waals surface area (Å²) in [5.41, 5.74) is 5.10. The number of benzene rings is 1. The molecule has 0 spiro atoms. The van der Waals surface area contributed by atoms with Crippen LogP contribution in [0.15, 0.2) is 23.3 Å². The maximum absolute atomic E-state index is 11.1. The molecule has 6 nitrogen and oxygen atoms in total. The predicted octanol–water partition coefficient (Wildman–Crippen LogP) is 1.70. The van der Waals surface area contributed by atoms with E-state index in [1.807, 2.05) is 12.1 Å². The molecule has 1 amide bonds. The lowest BCUT2D eigenvalue weighted by Crippen LogP contribution is -2.25. The van der Waals surface area contributed by atoms with E-state index in [9.17, 15) is 9.59 Å². The van der Waals surface area contributed by atoms with Crippen LogP contribution >= 0.6 is 22.6 Å². The summed E-state index contributed by atoms with van der Waals surface area (Å²) < 4.78 is 5.93. The third-order valence-electron chi connectivity index (χ3n) is 2.79. The summed E-state index contributed by atoms with van der Waals surface area (Å²) in [5.74, 6) is -0.525. The molecule has 2 N–H and O–H groups in total. The minimum Gasteiger partial charge on any atom is -0.482 e. The van der Waals surface area contributed by atoms with Crippen molar-refractivity contribution >= 4 is 40.2 Å². The molecular formula is C13H13IN2O4. The van der Waals surface area contributed by atoms with Crippen LogP contribution in [0.1, 0.15) is 24.0 Å². The topological polar surface area (TPSA) is 88.0 Å². The van der Waals surface area contributed by atoms with Gasteiger partial charge in [-0.15, -0.1) is 0 Å². The SMILES string of the molecule is O=C(O)COc1ccc(C2=NNC(=O)CC2)cc1CI. The molecule has 106 valence electrons. The molecule has 0 bridgehead atoms. The zero-order chi connectivity index (χ0) is 14.5. The molecule has 0 saturated heterocycles. The van der Waals surface area contributed by atoms with Gasteiger partial charge in [0.25, 0.3) is 0 Å². The van der Waals surface area contributed by atoms with E-state index in [0.29, 0.717) is 23.0 Å². The molecule has 2 rings (SSSR count). The van der Waals surface area contributed by atoms with Crippen molar-refractivity contribution in [1.29, 1.82) is 0 Å². The Bertz CT molecular complexity index is 571. The minimum atomic E-state index is -1.01. The smallest absolute Gasteiger partial charge is 0.341 e. The van der Waals surface area contributed by atoms with Crippen molar-refractivity contribution in [3.8, 4) is 5.75 Å². The summed E-state index contributed by atoms with van der Waals surface area (Å²) in [4.78, 5) is 21.6. The van der Waals surface area contributed by atoms with E-state index in [1.54, 1.807) is 6.07 Å². The number of carbonyl (C=O) groups excluding carboxylic acids is 1. The average Bonchev–Trinajstić information content (AvgIpc) is 2.45. The Labute approximate surface area is 129 Å². The molecule has 0 aliphatic carbocycles. The highest BCUT2D eigenvalue weighted by atomic mass is 127. The molecule has 1 aromatic rings. The molecule has 1 aliphatic heterocycles. The Balaban J connectivity index is 2.20. The molecular weight excluding hydrogens is 375 g/mol. The first-order chi connectivity index (χ1) is 9.60. The largest absolute Gasteiger partial charge is 0.482 e. The number of rotatable bonds is 5. The average molecular weight is 388 g/mol. The van der Waals surface area contributed by atoms with Crippen LogP contribution in [0.2, 0.25) is 0 Å². The molecule has 1 aromatic carbocycles. The Morgan fingerprint density at radius 3 is 2.85 bits per heavy atom. The fourth-order valence-electron chi connectivity index (χ4n) is 1.83. The second kappa shape index (κ2) is 6.69. The Morgan fingerprint density at radius 1 is 1.45 bits per heavy atom. The van der Waals surface area contributed by atoms with Gasteiger partial charge in [0.05, 0.1) is 5.71 Å². The molecule has 0 unspecified atom stereocenters. The number of hydrazone groups is 1. The lowest BCUT2D eigenvalue weighted by molar-refractivity contribution is -0.139. The first kappa shape index (κ1) is 14.8. The second-order valence-corrected chi connectivity index (χ2v) is 4.99. The normalized spacial score (nSPS) is 14.4. The van der Waals surface area contributed by atoms with E-state index in [4.69, 9.17) is 9.84 Å². The van der Waals surface area contributed by atoms with Crippen molar-refractivity contribution in [3.63, 3.8) is 0 Å². The van der Waals surface area contributed by atoms with Crippen LogP contribution in [0.25, 0.3) is 0 Å².